The van der Waals surface area contributed by atoms with Crippen LogP contribution in [0.25, 0.3) is 0 Å². The Labute approximate surface area is 209 Å². The molecule has 0 bridgehead atoms. The summed E-state index contributed by atoms with van der Waals surface area (Å²) in [4.78, 5) is 27.4. The third-order valence-electron chi connectivity index (χ3n) is 5.20. The molecule has 3 rings (SSSR count). The van der Waals surface area contributed by atoms with Crippen molar-refractivity contribution in [1.82, 2.24) is 10.0 Å². The number of rotatable bonds is 9. The fraction of sp³-hybridized carbons (Fsp3) is 0.160. The van der Waals surface area contributed by atoms with Gasteiger partial charge in [0.1, 0.15) is 17.9 Å². The smallest absolute Gasteiger partial charge is 0.330 e. The second kappa shape index (κ2) is 11.7. The largest absolute Gasteiger partial charge is 0.497 e. The number of nitrogens with zero attached hydrogens (tertiary/aromatic N) is 2. The van der Waals surface area contributed by atoms with E-state index >= 15 is 0 Å². The standard InChI is InChI=1S/C25H25N5O5S/c1-30(20-12-14-21(35-2)15-13-20)24(31)23(16-18-8-4-3-5-9-18)27-25(32)29-36(33,34)28-22-11-7-6-10-19(22)17-26/h3-15,23,28H,16H2,1-2H3,(H2,27,29,32). The minimum atomic E-state index is -4.39. The van der Waals surface area contributed by atoms with E-state index in [0.717, 1.165) is 5.56 Å². The van der Waals surface area contributed by atoms with Gasteiger partial charge in [0.15, 0.2) is 0 Å². The molecule has 0 radical (unpaired) electrons. The highest BCUT2D eigenvalue weighted by Crippen LogP contribution is 2.19. The first-order valence-corrected chi connectivity index (χ1v) is 12.3. The van der Waals surface area contributed by atoms with Gasteiger partial charge < -0.3 is 15.0 Å². The minimum absolute atomic E-state index is 0.0106. The van der Waals surface area contributed by atoms with Crippen LogP contribution in [0.4, 0.5) is 16.2 Å². The molecular formula is C25H25N5O5S. The molecule has 0 fully saturated rings. The van der Waals surface area contributed by atoms with Crippen LogP contribution in [0.5, 0.6) is 5.75 Å². The predicted molar refractivity (Wildman–Crippen MR) is 136 cm³/mol. The third-order valence-corrected chi connectivity index (χ3v) is 6.14. The molecule has 186 valence electrons. The Balaban J connectivity index is 1.77. The molecule has 11 heteroatoms. The predicted octanol–water partition coefficient (Wildman–Crippen LogP) is 2.80. The van der Waals surface area contributed by atoms with Gasteiger partial charge in [0.25, 0.3) is 0 Å². The zero-order valence-electron chi connectivity index (χ0n) is 19.6. The van der Waals surface area contributed by atoms with Crippen LogP contribution < -0.4 is 24.4 Å². The monoisotopic (exact) mass is 507 g/mol. The van der Waals surface area contributed by atoms with E-state index in [1.807, 2.05) is 16.9 Å². The van der Waals surface area contributed by atoms with E-state index in [0.29, 0.717) is 11.4 Å². The van der Waals surface area contributed by atoms with Gasteiger partial charge in [-0.15, -0.1) is 0 Å². The van der Waals surface area contributed by atoms with E-state index < -0.39 is 28.2 Å². The van der Waals surface area contributed by atoms with Crippen molar-refractivity contribution in [2.45, 2.75) is 12.5 Å². The van der Waals surface area contributed by atoms with Crippen LogP contribution in [0.2, 0.25) is 0 Å². The first kappa shape index (κ1) is 26.1. The first-order valence-electron chi connectivity index (χ1n) is 10.8. The van der Waals surface area contributed by atoms with Crippen molar-refractivity contribution in [3.05, 3.63) is 90.0 Å². The maximum atomic E-state index is 13.3. The van der Waals surface area contributed by atoms with Crippen LogP contribution in [0.15, 0.2) is 78.9 Å². The Hall–Kier alpha value is -4.56. The Morgan fingerprint density at radius 1 is 1.00 bits per heavy atom. The summed E-state index contributed by atoms with van der Waals surface area (Å²) < 4.78 is 34.1. The molecule has 36 heavy (non-hydrogen) atoms. The average Bonchev–Trinajstić information content (AvgIpc) is 2.87. The number of nitriles is 1. The molecule has 1 atom stereocenters. The molecule has 0 saturated carbocycles. The highest BCUT2D eigenvalue weighted by atomic mass is 32.2. The zero-order chi connectivity index (χ0) is 26.1. The minimum Gasteiger partial charge on any atom is -0.497 e. The first-order chi connectivity index (χ1) is 17.2. The molecule has 1 unspecified atom stereocenters. The summed E-state index contributed by atoms with van der Waals surface area (Å²) >= 11 is 0. The fourth-order valence-electron chi connectivity index (χ4n) is 3.37. The number of benzene rings is 3. The average molecular weight is 508 g/mol. The zero-order valence-corrected chi connectivity index (χ0v) is 20.5. The molecule has 0 aromatic heterocycles. The van der Waals surface area contributed by atoms with Gasteiger partial charge in [-0.2, -0.15) is 13.7 Å². The van der Waals surface area contributed by atoms with Crippen LogP contribution in [0, 0.1) is 11.3 Å². The van der Waals surface area contributed by atoms with E-state index in [2.05, 4.69) is 10.0 Å². The number of anilines is 2. The van der Waals surface area contributed by atoms with E-state index in [1.165, 1.54) is 24.1 Å². The number of para-hydroxylation sites is 1. The number of hydrogen-bond donors (Lipinski definition) is 3. The summed E-state index contributed by atoms with van der Waals surface area (Å²) in [5.41, 5.74) is 1.42. The fourth-order valence-corrected chi connectivity index (χ4v) is 4.19. The summed E-state index contributed by atoms with van der Waals surface area (Å²) in [6.45, 7) is 0. The van der Waals surface area contributed by atoms with Gasteiger partial charge in [-0.1, -0.05) is 42.5 Å². The number of methoxy groups -OCH3 is 1. The van der Waals surface area contributed by atoms with E-state index in [1.54, 1.807) is 67.7 Å². The van der Waals surface area contributed by atoms with Crippen molar-refractivity contribution >= 4 is 33.5 Å². The third kappa shape index (κ3) is 6.97. The Morgan fingerprint density at radius 2 is 1.64 bits per heavy atom. The van der Waals surface area contributed by atoms with Gasteiger partial charge in [0, 0.05) is 19.2 Å². The quantitative estimate of drug-likeness (QED) is 0.407. The van der Waals surface area contributed by atoms with Crippen molar-refractivity contribution in [2.75, 3.05) is 23.8 Å². The summed E-state index contributed by atoms with van der Waals surface area (Å²) in [7, 11) is -1.31. The molecule has 0 heterocycles. The molecule has 0 aliphatic heterocycles. The maximum Gasteiger partial charge on any atom is 0.330 e. The van der Waals surface area contributed by atoms with Crippen LogP contribution in [0.3, 0.4) is 0 Å². The summed E-state index contributed by atoms with van der Waals surface area (Å²) in [5.74, 6) is 0.160. The van der Waals surface area contributed by atoms with Crippen molar-refractivity contribution < 1.29 is 22.7 Å². The van der Waals surface area contributed by atoms with E-state index in [-0.39, 0.29) is 17.7 Å². The summed E-state index contributed by atoms with van der Waals surface area (Å²) in [6, 6.07) is 21.4. The van der Waals surface area contributed by atoms with Crippen molar-refractivity contribution in [1.29, 1.82) is 5.26 Å². The Bertz CT molecular complexity index is 1360. The molecule has 10 nitrogen and oxygen atoms in total. The van der Waals surface area contributed by atoms with Gasteiger partial charge in [-0.3, -0.25) is 9.52 Å². The highest BCUT2D eigenvalue weighted by Gasteiger charge is 2.27. The second-order valence-electron chi connectivity index (χ2n) is 7.68. The number of carbonyl (C=O) groups excluding carboxylic acids is 2. The number of amides is 3. The molecule has 0 spiro atoms. The van der Waals surface area contributed by atoms with E-state index in [4.69, 9.17) is 10.00 Å². The molecule has 0 saturated heterocycles. The highest BCUT2D eigenvalue weighted by molar-refractivity contribution is 7.91. The normalized spacial score (nSPS) is 11.5. The number of carbonyl (C=O) groups is 2. The summed E-state index contributed by atoms with van der Waals surface area (Å²) in [6.07, 6.45) is 0.123. The van der Waals surface area contributed by atoms with Crippen molar-refractivity contribution in [3.63, 3.8) is 0 Å². The Morgan fingerprint density at radius 3 is 2.28 bits per heavy atom. The van der Waals surface area contributed by atoms with Crippen LogP contribution in [0.1, 0.15) is 11.1 Å². The SMILES string of the molecule is COc1ccc(N(C)C(=O)C(Cc2ccccc2)NC(=O)NS(=O)(=O)Nc2ccccc2C#N)cc1. The van der Waals surface area contributed by atoms with Gasteiger partial charge in [-0.05, 0) is 42.0 Å². The van der Waals surface area contributed by atoms with Crippen molar-refractivity contribution in [3.8, 4) is 11.8 Å². The number of hydrogen-bond acceptors (Lipinski definition) is 6. The van der Waals surface area contributed by atoms with Gasteiger partial charge >= 0.3 is 16.2 Å². The van der Waals surface area contributed by atoms with E-state index in [9.17, 15) is 18.0 Å². The topological polar surface area (TPSA) is 141 Å². The van der Waals surface area contributed by atoms with Crippen molar-refractivity contribution in [2.24, 2.45) is 0 Å². The lowest BCUT2D eigenvalue weighted by atomic mass is 10.0. The molecule has 3 aromatic carbocycles. The van der Waals surface area contributed by atoms with Crippen LogP contribution in [-0.4, -0.2) is 40.6 Å². The number of likely N-dealkylation sites (N-methyl/N-ethyl adjacent to an activating group) is 1. The molecule has 3 N–H and O–H groups in total. The number of ether oxygens (including phenoxy) is 1. The lowest BCUT2D eigenvalue weighted by Gasteiger charge is -2.25. The second-order valence-corrected chi connectivity index (χ2v) is 9.09. The lowest BCUT2D eigenvalue weighted by Crippen LogP contribution is -2.53. The Kier molecular flexibility index (Phi) is 8.48. The molecular weight excluding hydrogens is 482 g/mol. The van der Waals surface area contributed by atoms with Gasteiger partial charge in [0.05, 0.1) is 18.4 Å². The molecule has 0 aliphatic rings. The molecule has 0 aliphatic carbocycles. The lowest BCUT2D eigenvalue weighted by molar-refractivity contribution is -0.120. The van der Waals surface area contributed by atoms with Gasteiger partial charge in [-0.25, -0.2) is 9.52 Å². The maximum absolute atomic E-state index is 13.3. The van der Waals surface area contributed by atoms with Crippen LogP contribution >= 0.6 is 0 Å². The van der Waals surface area contributed by atoms with Gasteiger partial charge in [0.2, 0.25) is 5.91 Å². The summed E-state index contributed by atoms with van der Waals surface area (Å²) in [5, 5.41) is 11.6. The van der Waals surface area contributed by atoms with Crippen LogP contribution in [-0.2, 0) is 21.4 Å². The molecule has 3 aromatic rings. The number of urea groups is 1. The number of nitrogens with one attached hydrogen (secondary N) is 3. The molecule has 3 amide bonds.